The van der Waals surface area contributed by atoms with Crippen LogP contribution < -0.4 is 5.56 Å². The van der Waals surface area contributed by atoms with Gasteiger partial charge in [-0.15, -0.1) is 5.10 Å². The molecular formula is C25H23F6N7O3. The van der Waals surface area contributed by atoms with Crippen molar-refractivity contribution in [1.29, 1.82) is 0 Å². The Morgan fingerprint density at radius 2 is 1.78 bits per heavy atom. The van der Waals surface area contributed by atoms with E-state index in [0.717, 1.165) is 24.4 Å². The number of alkyl halides is 5. The Balaban J connectivity index is 1.26. The van der Waals surface area contributed by atoms with Gasteiger partial charge in [0.2, 0.25) is 11.9 Å². The van der Waals surface area contributed by atoms with Crippen molar-refractivity contribution in [2.24, 2.45) is 0 Å². The molecule has 4 heterocycles. The standard InChI is InChI=1S/C25H23F6N7O3/c26-19-5-8-37(34-19)18(21(27)28)11-20(39)35-9-6-24(41,7-10-35)13-36-14-32-22-17(23(36)40)12-33-38(22)16-3-1-15(2-4-16)25(29,30)31/h1-5,8,12,14,18,21,41H,6-7,9-11,13H2/t18-/m1/s1. The molecule has 0 spiro atoms. The summed E-state index contributed by atoms with van der Waals surface area (Å²) >= 11 is 0. The van der Waals surface area contributed by atoms with Crippen LogP contribution in [0.3, 0.4) is 0 Å². The van der Waals surface area contributed by atoms with Crippen LogP contribution in [0.2, 0.25) is 0 Å². The number of amides is 1. The lowest BCUT2D eigenvalue weighted by Crippen LogP contribution is -2.50. The van der Waals surface area contributed by atoms with Crippen molar-refractivity contribution in [3.8, 4) is 5.69 Å². The molecule has 0 unspecified atom stereocenters. The van der Waals surface area contributed by atoms with Crippen LogP contribution in [0.4, 0.5) is 26.3 Å². The number of hydrogen-bond acceptors (Lipinski definition) is 6. The highest BCUT2D eigenvalue weighted by Gasteiger charge is 2.37. The van der Waals surface area contributed by atoms with E-state index >= 15 is 0 Å². The van der Waals surface area contributed by atoms with Gasteiger partial charge in [0.25, 0.3) is 12.0 Å². The molecule has 3 aromatic heterocycles. The van der Waals surface area contributed by atoms with Gasteiger partial charge in [-0.2, -0.15) is 22.7 Å². The average molecular weight is 583 g/mol. The van der Waals surface area contributed by atoms with Gasteiger partial charge in [-0.3, -0.25) is 18.8 Å². The second-order valence-corrected chi connectivity index (χ2v) is 9.85. The lowest BCUT2D eigenvalue weighted by Gasteiger charge is -2.38. The minimum atomic E-state index is -4.50. The molecule has 1 aliphatic rings. The largest absolute Gasteiger partial charge is 0.416 e. The zero-order valence-electron chi connectivity index (χ0n) is 21.2. The first kappa shape index (κ1) is 28.3. The molecule has 218 valence electrons. The molecule has 5 rings (SSSR count). The van der Waals surface area contributed by atoms with Gasteiger partial charge in [-0.25, -0.2) is 18.4 Å². The van der Waals surface area contributed by atoms with Gasteiger partial charge < -0.3 is 10.0 Å². The van der Waals surface area contributed by atoms with Gasteiger partial charge >= 0.3 is 6.18 Å². The first-order chi connectivity index (χ1) is 19.3. The number of rotatable bonds is 7. The summed E-state index contributed by atoms with van der Waals surface area (Å²) in [4.78, 5) is 31.4. The maximum atomic E-state index is 13.5. The third-order valence-corrected chi connectivity index (χ3v) is 7.10. The molecule has 1 N–H and O–H groups in total. The van der Waals surface area contributed by atoms with E-state index in [-0.39, 0.29) is 49.2 Å². The van der Waals surface area contributed by atoms with Crippen molar-refractivity contribution in [3.63, 3.8) is 0 Å². The number of carbonyl (C=O) groups is 1. The smallest absolute Gasteiger partial charge is 0.388 e. The van der Waals surface area contributed by atoms with Crippen molar-refractivity contribution in [1.82, 2.24) is 34.0 Å². The molecule has 16 heteroatoms. The van der Waals surface area contributed by atoms with E-state index in [0.29, 0.717) is 4.68 Å². The van der Waals surface area contributed by atoms with E-state index in [1.54, 1.807) is 0 Å². The van der Waals surface area contributed by atoms with Crippen molar-refractivity contribution < 1.29 is 36.2 Å². The number of aromatic nitrogens is 6. The van der Waals surface area contributed by atoms with E-state index < -0.39 is 53.6 Å². The maximum Gasteiger partial charge on any atom is 0.416 e. The molecule has 0 saturated carbocycles. The van der Waals surface area contributed by atoms with E-state index in [4.69, 9.17) is 0 Å². The Hall–Kier alpha value is -4.21. The zero-order valence-corrected chi connectivity index (χ0v) is 21.2. The SMILES string of the molecule is O=C(C[C@H](C(F)F)n1ccc(F)n1)N1CCC(O)(Cn2cnc3c(cnn3-c3ccc(C(F)(F)F)cc3)c2=O)CC1. The van der Waals surface area contributed by atoms with Crippen LogP contribution in [0.5, 0.6) is 0 Å². The summed E-state index contributed by atoms with van der Waals surface area (Å²) in [5.74, 6) is -1.55. The molecular weight excluding hydrogens is 560 g/mol. The van der Waals surface area contributed by atoms with Gasteiger partial charge in [-0.1, -0.05) is 0 Å². The van der Waals surface area contributed by atoms with Gasteiger partial charge in [0, 0.05) is 25.4 Å². The number of aliphatic hydroxyl groups is 1. The predicted octanol–water partition coefficient (Wildman–Crippen LogP) is 3.19. The number of fused-ring (bicyclic) bond motifs is 1. The Bertz CT molecular complexity index is 1600. The second-order valence-electron chi connectivity index (χ2n) is 9.85. The summed E-state index contributed by atoms with van der Waals surface area (Å²) in [7, 11) is 0. The fraction of sp³-hybridized carbons (Fsp3) is 0.400. The minimum absolute atomic E-state index is 0.0367. The van der Waals surface area contributed by atoms with Crippen LogP contribution in [0, 0.1) is 5.95 Å². The summed E-state index contributed by atoms with van der Waals surface area (Å²) in [5.41, 5.74) is -2.40. The normalized spacial score (nSPS) is 16.4. The quantitative estimate of drug-likeness (QED) is 0.335. The lowest BCUT2D eigenvalue weighted by atomic mass is 9.91. The highest BCUT2D eigenvalue weighted by atomic mass is 19.4. The highest BCUT2D eigenvalue weighted by molar-refractivity contribution is 5.77. The summed E-state index contributed by atoms with van der Waals surface area (Å²) in [5, 5.41) is 18.6. The Kier molecular flexibility index (Phi) is 7.35. The number of halogens is 6. The molecule has 1 amide bonds. The number of carbonyl (C=O) groups excluding carboxylic acids is 1. The number of likely N-dealkylation sites (tertiary alicyclic amines) is 1. The highest BCUT2D eigenvalue weighted by Crippen LogP contribution is 2.30. The van der Waals surface area contributed by atoms with Crippen LogP contribution in [0.25, 0.3) is 16.7 Å². The molecule has 1 atom stereocenters. The third-order valence-electron chi connectivity index (χ3n) is 7.10. The molecule has 10 nitrogen and oxygen atoms in total. The van der Waals surface area contributed by atoms with Crippen molar-refractivity contribution in [2.75, 3.05) is 13.1 Å². The molecule has 1 fully saturated rings. The van der Waals surface area contributed by atoms with E-state index in [2.05, 4.69) is 15.2 Å². The topological polar surface area (TPSA) is 111 Å². The zero-order chi connectivity index (χ0) is 29.5. The Morgan fingerprint density at radius 1 is 1.10 bits per heavy atom. The van der Waals surface area contributed by atoms with Gasteiger partial charge in [0.05, 0.1) is 36.0 Å². The van der Waals surface area contributed by atoms with E-state index in [1.807, 2.05) is 0 Å². The first-order valence-electron chi connectivity index (χ1n) is 12.4. The van der Waals surface area contributed by atoms with Crippen LogP contribution in [-0.2, 0) is 17.5 Å². The fourth-order valence-corrected chi connectivity index (χ4v) is 4.79. The Labute approximate surface area is 227 Å². The molecule has 1 saturated heterocycles. The minimum Gasteiger partial charge on any atom is -0.388 e. The van der Waals surface area contributed by atoms with Gasteiger partial charge in [0.15, 0.2) is 5.65 Å². The number of benzene rings is 1. The van der Waals surface area contributed by atoms with E-state index in [9.17, 15) is 41.0 Å². The maximum absolute atomic E-state index is 13.5. The molecule has 0 aliphatic carbocycles. The predicted molar refractivity (Wildman–Crippen MR) is 131 cm³/mol. The summed E-state index contributed by atoms with van der Waals surface area (Å²) in [6.07, 6.45) is -4.53. The molecule has 41 heavy (non-hydrogen) atoms. The summed E-state index contributed by atoms with van der Waals surface area (Å²) < 4.78 is 82.0. The molecule has 1 aliphatic heterocycles. The second kappa shape index (κ2) is 10.6. The van der Waals surface area contributed by atoms with Crippen LogP contribution in [0.1, 0.15) is 30.9 Å². The van der Waals surface area contributed by atoms with Crippen molar-refractivity contribution in [2.45, 2.75) is 50.1 Å². The van der Waals surface area contributed by atoms with Gasteiger partial charge in [0.1, 0.15) is 17.8 Å². The summed E-state index contributed by atoms with van der Waals surface area (Å²) in [6, 6.07) is 3.46. The number of piperidine rings is 1. The number of hydrogen-bond donors (Lipinski definition) is 1. The van der Waals surface area contributed by atoms with Crippen molar-refractivity contribution in [3.05, 3.63) is 70.9 Å². The number of nitrogens with zero attached hydrogens (tertiary/aromatic N) is 7. The molecule has 0 radical (unpaired) electrons. The summed E-state index contributed by atoms with van der Waals surface area (Å²) in [6.45, 7) is -0.0987. The molecule has 0 bridgehead atoms. The third kappa shape index (κ3) is 5.82. The molecule has 4 aromatic rings. The van der Waals surface area contributed by atoms with Crippen LogP contribution in [-0.4, -0.2) is 70.1 Å². The lowest BCUT2D eigenvalue weighted by molar-refractivity contribution is -0.138. The van der Waals surface area contributed by atoms with Gasteiger partial charge in [-0.05, 0) is 37.1 Å². The average Bonchev–Trinajstić information content (AvgIpc) is 3.55. The first-order valence-corrected chi connectivity index (χ1v) is 12.4. The van der Waals surface area contributed by atoms with Crippen LogP contribution in [0.15, 0.2) is 53.8 Å². The monoisotopic (exact) mass is 583 g/mol. The Morgan fingerprint density at radius 3 is 2.37 bits per heavy atom. The van der Waals surface area contributed by atoms with Crippen LogP contribution >= 0.6 is 0 Å². The van der Waals surface area contributed by atoms with E-state index in [1.165, 1.54) is 38.8 Å². The van der Waals surface area contributed by atoms with Crippen molar-refractivity contribution >= 4 is 16.9 Å². The fourth-order valence-electron chi connectivity index (χ4n) is 4.79. The molecule has 1 aromatic carbocycles.